The molecule has 0 aliphatic carbocycles. The predicted molar refractivity (Wildman–Crippen MR) is 116 cm³/mol. The smallest absolute Gasteiger partial charge is 0.255 e. The first-order valence-corrected chi connectivity index (χ1v) is 11.8. The van der Waals surface area contributed by atoms with Gasteiger partial charge in [-0.2, -0.15) is 0 Å². The lowest BCUT2D eigenvalue weighted by molar-refractivity contribution is -0.136. The van der Waals surface area contributed by atoms with Crippen molar-refractivity contribution in [1.82, 2.24) is 20.4 Å². The van der Waals surface area contributed by atoms with Gasteiger partial charge in [-0.15, -0.1) is 0 Å². The van der Waals surface area contributed by atoms with Gasteiger partial charge in [-0.25, -0.2) is 0 Å². The molecule has 3 saturated heterocycles. The lowest BCUT2D eigenvalue weighted by Crippen LogP contribution is -2.53. The Morgan fingerprint density at radius 2 is 1.87 bits per heavy atom. The molecule has 4 aliphatic heterocycles. The lowest BCUT2D eigenvalue weighted by atomic mass is 9.89. The molecule has 7 nitrogen and oxygen atoms in total. The minimum Gasteiger partial charge on any atom is -0.322 e. The Bertz CT molecular complexity index is 880. The van der Waals surface area contributed by atoms with Crippen molar-refractivity contribution in [2.75, 3.05) is 13.1 Å². The molecular weight excluding hydrogens is 392 g/mol. The van der Waals surface area contributed by atoms with Crippen molar-refractivity contribution in [3.8, 4) is 0 Å². The fraction of sp³-hybridized carbons (Fsp3) is 0.625. The summed E-state index contributed by atoms with van der Waals surface area (Å²) in [6, 6.07) is 6.62. The molecule has 7 heteroatoms. The summed E-state index contributed by atoms with van der Waals surface area (Å²) in [7, 11) is 0. The Morgan fingerprint density at radius 1 is 1.00 bits per heavy atom. The van der Waals surface area contributed by atoms with E-state index in [0.29, 0.717) is 25.0 Å². The van der Waals surface area contributed by atoms with Crippen molar-refractivity contribution < 1.29 is 14.4 Å². The maximum atomic E-state index is 13.4. The number of amides is 3. The SMILES string of the molecule is O=C1CCC(N2Cc3cccc(CN4CCCCC4C4CCCCN4)c3C2=O)C(=O)N1. The summed E-state index contributed by atoms with van der Waals surface area (Å²) in [6.07, 6.45) is 8.17. The van der Waals surface area contributed by atoms with Gasteiger partial charge in [-0.3, -0.25) is 24.6 Å². The molecule has 2 N–H and O–H groups in total. The zero-order chi connectivity index (χ0) is 21.4. The number of carbonyl (C=O) groups excluding carboxylic acids is 3. The molecule has 31 heavy (non-hydrogen) atoms. The zero-order valence-electron chi connectivity index (χ0n) is 18.1. The third-order valence-corrected chi connectivity index (χ3v) is 7.49. The van der Waals surface area contributed by atoms with Gasteiger partial charge >= 0.3 is 0 Å². The molecule has 0 radical (unpaired) electrons. The lowest BCUT2D eigenvalue weighted by Gasteiger charge is -2.42. The molecule has 1 aromatic rings. The molecule has 1 aromatic carbocycles. The van der Waals surface area contributed by atoms with Crippen molar-refractivity contribution in [1.29, 1.82) is 0 Å². The highest BCUT2D eigenvalue weighted by atomic mass is 16.2. The quantitative estimate of drug-likeness (QED) is 0.722. The van der Waals surface area contributed by atoms with E-state index in [1.807, 2.05) is 12.1 Å². The van der Waals surface area contributed by atoms with E-state index in [0.717, 1.165) is 36.3 Å². The van der Waals surface area contributed by atoms with E-state index in [1.165, 1.54) is 38.5 Å². The number of imide groups is 1. The van der Waals surface area contributed by atoms with Gasteiger partial charge in [-0.05, 0) is 56.3 Å². The summed E-state index contributed by atoms with van der Waals surface area (Å²) in [5, 5.41) is 6.12. The van der Waals surface area contributed by atoms with Crippen molar-refractivity contribution in [3.63, 3.8) is 0 Å². The summed E-state index contributed by atoms with van der Waals surface area (Å²) in [4.78, 5) is 41.5. The third kappa shape index (κ3) is 4.01. The number of rotatable bonds is 4. The molecule has 0 bridgehead atoms. The van der Waals surface area contributed by atoms with Crippen LogP contribution in [0.25, 0.3) is 0 Å². The number of benzene rings is 1. The van der Waals surface area contributed by atoms with E-state index in [9.17, 15) is 14.4 Å². The predicted octanol–water partition coefficient (Wildman–Crippen LogP) is 1.94. The Hall–Kier alpha value is -2.25. The van der Waals surface area contributed by atoms with Crippen molar-refractivity contribution in [2.24, 2.45) is 0 Å². The largest absolute Gasteiger partial charge is 0.322 e. The maximum Gasteiger partial charge on any atom is 0.255 e. The Balaban J connectivity index is 1.36. The van der Waals surface area contributed by atoms with Crippen LogP contribution in [0.2, 0.25) is 0 Å². The molecule has 4 aliphatic rings. The van der Waals surface area contributed by atoms with Crippen LogP contribution in [-0.2, 0) is 22.7 Å². The average Bonchev–Trinajstić information content (AvgIpc) is 3.12. The summed E-state index contributed by atoms with van der Waals surface area (Å²) in [6.45, 7) is 3.40. The molecule has 166 valence electrons. The fourth-order valence-electron chi connectivity index (χ4n) is 5.92. The van der Waals surface area contributed by atoms with Gasteiger partial charge in [0.2, 0.25) is 11.8 Å². The molecular formula is C24H32N4O3. The molecule has 3 unspecified atom stereocenters. The van der Waals surface area contributed by atoms with Crippen molar-refractivity contribution >= 4 is 17.7 Å². The number of nitrogens with zero attached hydrogens (tertiary/aromatic N) is 2. The van der Waals surface area contributed by atoms with Crippen LogP contribution in [0.15, 0.2) is 18.2 Å². The fourth-order valence-corrected chi connectivity index (χ4v) is 5.92. The van der Waals surface area contributed by atoms with Crippen LogP contribution in [0.1, 0.15) is 72.9 Å². The van der Waals surface area contributed by atoms with Gasteiger partial charge in [0, 0.05) is 37.2 Å². The first kappa shape index (κ1) is 20.6. The first-order chi connectivity index (χ1) is 15.1. The molecule has 3 atom stereocenters. The number of carbonyl (C=O) groups is 3. The minimum atomic E-state index is -0.556. The van der Waals surface area contributed by atoms with Gasteiger partial charge in [0.1, 0.15) is 6.04 Å². The summed E-state index contributed by atoms with van der Waals surface area (Å²) >= 11 is 0. The maximum absolute atomic E-state index is 13.4. The second-order valence-electron chi connectivity index (χ2n) is 9.44. The van der Waals surface area contributed by atoms with Gasteiger partial charge in [0.05, 0.1) is 0 Å². The van der Waals surface area contributed by atoms with Crippen LogP contribution in [-0.4, -0.2) is 58.7 Å². The van der Waals surface area contributed by atoms with Crippen LogP contribution in [0.4, 0.5) is 0 Å². The van der Waals surface area contributed by atoms with E-state index in [2.05, 4.69) is 21.6 Å². The van der Waals surface area contributed by atoms with Crippen molar-refractivity contribution in [2.45, 2.75) is 82.6 Å². The van der Waals surface area contributed by atoms with Crippen LogP contribution in [0, 0.1) is 0 Å². The van der Waals surface area contributed by atoms with E-state index >= 15 is 0 Å². The average molecular weight is 425 g/mol. The van der Waals surface area contributed by atoms with Gasteiger partial charge in [0.15, 0.2) is 0 Å². The number of hydrogen-bond acceptors (Lipinski definition) is 5. The molecule has 0 saturated carbocycles. The Morgan fingerprint density at radius 3 is 2.68 bits per heavy atom. The summed E-state index contributed by atoms with van der Waals surface area (Å²) in [5.74, 6) is -0.665. The number of nitrogens with one attached hydrogen (secondary N) is 2. The Kier molecular flexibility index (Phi) is 5.80. The van der Waals surface area contributed by atoms with E-state index < -0.39 is 6.04 Å². The van der Waals surface area contributed by atoms with Crippen LogP contribution >= 0.6 is 0 Å². The van der Waals surface area contributed by atoms with Crippen molar-refractivity contribution in [3.05, 3.63) is 34.9 Å². The first-order valence-electron chi connectivity index (χ1n) is 11.8. The second kappa shape index (κ2) is 8.71. The Labute approximate surface area is 183 Å². The number of fused-ring (bicyclic) bond motifs is 1. The molecule has 0 aromatic heterocycles. The van der Waals surface area contributed by atoms with Crippen LogP contribution in [0.5, 0.6) is 0 Å². The zero-order valence-corrected chi connectivity index (χ0v) is 18.1. The highest BCUT2D eigenvalue weighted by Crippen LogP contribution is 2.32. The second-order valence-corrected chi connectivity index (χ2v) is 9.44. The number of likely N-dealkylation sites (tertiary alicyclic amines) is 1. The van der Waals surface area contributed by atoms with Gasteiger partial charge < -0.3 is 10.2 Å². The third-order valence-electron chi connectivity index (χ3n) is 7.49. The minimum absolute atomic E-state index is 0.0653. The highest BCUT2D eigenvalue weighted by molar-refractivity contribution is 6.05. The summed E-state index contributed by atoms with van der Waals surface area (Å²) in [5.41, 5.74) is 2.84. The highest BCUT2D eigenvalue weighted by Gasteiger charge is 2.40. The standard InChI is InChI=1S/C24H32N4O3/c29-21-11-10-20(23(30)26-21)28-15-17-7-5-6-16(22(17)24(28)31)14-27-13-4-2-9-19(27)18-8-1-3-12-25-18/h5-7,18-20,25H,1-4,8-15H2,(H,26,29,30). The van der Waals surface area contributed by atoms with Crippen LogP contribution < -0.4 is 10.6 Å². The molecule has 3 amide bonds. The van der Waals surface area contributed by atoms with Gasteiger partial charge in [-0.1, -0.05) is 31.0 Å². The van der Waals surface area contributed by atoms with E-state index in [-0.39, 0.29) is 24.1 Å². The topological polar surface area (TPSA) is 81.8 Å². The number of piperidine rings is 3. The van der Waals surface area contributed by atoms with Crippen LogP contribution in [0.3, 0.4) is 0 Å². The van der Waals surface area contributed by atoms with Gasteiger partial charge in [0.25, 0.3) is 5.91 Å². The molecule has 4 heterocycles. The van der Waals surface area contributed by atoms with E-state index in [1.54, 1.807) is 4.90 Å². The molecule has 0 spiro atoms. The number of hydrogen-bond donors (Lipinski definition) is 2. The molecule has 3 fully saturated rings. The normalized spacial score (nSPS) is 29.7. The summed E-state index contributed by atoms with van der Waals surface area (Å²) < 4.78 is 0. The molecule has 5 rings (SSSR count). The monoisotopic (exact) mass is 424 g/mol. The van der Waals surface area contributed by atoms with E-state index in [4.69, 9.17) is 0 Å².